The largest absolute Gasteiger partial charge is 0.341 e. The van der Waals surface area contributed by atoms with Gasteiger partial charge in [0.2, 0.25) is 11.0 Å². The molecule has 1 aliphatic carbocycles. The first-order chi connectivity index (χ1) is 10.9. The normalized spacial score (nSPS) is 18.0. The summed E-state index contributed by atoms with van der Waals surface area (Å²) in [7, 11) is 0. The van der Waals surface area contributed by atoms with Gasteiger partial charge >= 0.3 is 0 Å². The second kappa shape index (κ2) is 7.61. The summed E-state index contributed by atoms with van der Waals surface area (Å²) < 4.78 is 0. The Morgan fingerprint density at radius 2 is 1.96 bits per heavy atom. The smallest absolute Gasteiger partial charge is 0.251 e. The zero-order chi connectivity index (χ0) is 17.0. The molecule has 1 fully saturated rings. The molecule has 0 bridgehead atoms. The van der Waals surface area contributed by atoms with Crippen molar-refractivity contribution in [3.63, 3.8) is 0 Å². The van der Waals surface area contributed by atoms with Gasteiger partial charge in [-0.3, -0.25) is 14.9 Å². The summed E-state index contributed by atoms with van der Waals surface area (Å²) in [5, 5.41) is 14.7. The van der Waals surface area contributed by atoms with Gasteiger partial charge in [0.15, 0.2) is 0 Å². The standard InChI is InChI=1S/C15H24N4O2S2/c1-4-10-18-19-14(23-10)16-13(21)15(7-5-6-8-15)17-12(20)11(22)9(2)3/h9,11,22H,4-8H2,1-3H3,(H,17,20)(H,16,19,21)/t11-/m0/s1. The van der Waals surface area contributed by atoms with Crippen molar-refractivity contribution in [2.24, 2.45) is 5.92 Å². The van der Waals surface area contributed by atoms with Crippen molar-refractivity contribution in [3.8, 4) is 0 Å². The van der Waals surface area contributed by atoms with Crippen molar-refractivity contribution < 1.29 is 9.59 Å². The number of hydrogen-bond donors (Lipinski definition) is 3. The first-order valence-corrected chi connectivity index (χ1v) is 9.35. The van der Waals surface area contributed by atoms with E-state index in [0.29, 0.717) is 18.0 Å². The minimum atomic E-state index is -0.856. The van der Waals surface area contributed by atoms with E-state index in [4.69, 9.17) is 0 Å². The molecule has 0 spiro atoms. The molecule has 0 radical (unpaired) electrons. The molecule has 0 saturated heterocycles. The summed E-state index contributed by atoms with van der Waals surface area (Å²) in [5.41, 5.74) is -0.856. The zero-order valence-corrected chi connectivity index (χ0v) is 15.5. The molecule has 2 N–H and O–H groups in total. The topological polar surface area (TPSA) is 84.0 Å². The number of nitrogens with zero attached hydrogens (tertiary/aromatic N) is 2. The molecule has 2 rings (SSSR count). The molecular formula is C15H24N4O2S2. The van der Waals surface area contributed by atoms with Gasteiger partial charge in [0.25, 0.3) is 5.91 Å². The Hall–Kier alpha value is -1.15. The third-order valence-electron chi connectivity index (χ3n) is 4.14. The van der Waals surface area contributed by atoms with Crippen LogP contribution in [0.25, 0.3) is 0 Å². The van der Waals surface area contributed by atoms with Crippen molar-refractivity contribution in [1.29, 1.82) is 0 Å². The fourth-order valence-corrected chi connectivity index (χ4v) is 3.40. The average Bonchev–Trinajstić information content (AvgIpc) is 3.16. The van der Waals surface area contributed by atoms with E-state index in [9.17, 15) is 9.59 Å². The molecule has 23 heavy (non-hydrogen) atoms. The zero-order valence-electron chi connectivity index (χ0n) is 13.8. The van der Waals surface area contributed by atoms with E-state index >= 15 is 0 Å². The van der Waals surface area contributed by atoms with Crippen LogP contribution in [0.3, 0.4) is 0 Å². The summed E-state index contributed by atoms with van der Waals surface area (Å²) >= 11 is 5.72. The molecule has 0 aromatic carbocycles. The van der Waals surface area contributed by atoms with E-state index in [1.165, 1.54) is 11.3 Å². The van der Waals surface area contributed by atoms with Crippen LogP contribution < -0.4 is 10.6 Å². The molecule has 6 nitrogen and oxygen atoms in total. The van der Waals surface area contributed by atoms with Crippen LogP contribution in [0.4, 0.5) is 5.13 Å². The highest BCUT2D eigenvalue weighted by Crippen LogP contribution is 2.32. The number of aryl methyl sites for hydroxylation is 1. The van der Waals surface area contributed by atoms with Gasteiger partial charge in [0.1, 0.15) is 10.5 Å². The average molecular weight is 357 g/mol. The lowest BCUT2D eigenvalue weighted by Gasteiger charge is -2.30. The molecule has 2 amide bonds. The lowest BCUT2D eigenvalue weighted by Crippen LogP contribution is -2.57. The van der Waals surface area contributed by atoms with Crippen LogP contribution in [-0.2, 0) is 16.0 Å². The Labute approximate surface area is 146 Å². The first kappa shape index (κ1) is 18.2. The van der Waals surface area contributed by atoms with E-state index in [0.717, 1.165) is 24.3 Å². The molecular weight excluding hydrogens is 332 g/mol. The summed E-state index contributed by atoms with van der Waals surface area (Å²) in [5.74, 6) is -0.284. The Balaban J connectivity index is 2.10. The number of carbonyl (C=O) groups is 2. The number of aromatic nitrogens is 2. The number of hydrogen-bond acceptors (Lipinski definition) is 6. The Morgan fingerprint density at radius 3 is 2.48 bits per heavy atom. The maximum atomic E-state index is 12.8. The van der Waals surface area contributed by atoms with Crippen LogP contribution in [0.1, 0.15) is 51.5 Å². The number of carbonyl (C=O) groups excluding carboxylic acids is 2. The second-order valence-electron chi connectivity index (χ2n) is 6.28. The predicted octanol–water partition coefficient (Wildman–Crippen LogP) is 2.42. The second-order valence-corrected chi connectivity index (χ2v) is 7.89. The lowest BCUT2D eigenvalue weighted by atomic mass is 9.95. The van der Waals surface area contributed by atoms with E-state index in [1.807, 2.05) is 20.8 Å². The minimum Gasteiger partial charge on any atom is -0.341 e. The van der Waals surface area contributed by atoms with Gasteiger partial charge in [0.05, 0.1) is 5.25 Å². The fourth-order valence-electron chi connectivity index (χ4n) is 2.66. The number of nitrogens with one attached hydrogen (secondary N) is 2. The Morgan fingerprint density at radius 1 is 1.30 bits per heavy atom. The number of amides is 2. The van der Waals surface area contributed by atoms with Crippen LogP contribution in [0.5, 0.6) is 0 Å². The third kappa shape index (κ3) is 4.23. The van der Waals surface area contributed by atoms with E-state index in [1.54, 1.807) is 0 Å². The highest BCUT2D eigenvalue weighted by atomic mass is 32.1. The molecule has 8 heteroatoms. The maximum Gasteiger partial charge on any atom is 0.251 e. The molecule has 1 aromatic heterocycles. The van der Waals surface area contributed by atoms with Crippen molar-refractivity contribution >= 4 is 40.9 Å². The highest BCUT2D eigenvalue weighted by Gasteiger charge is 2.43. The van der Waals surface area contributed by atoms with Crippen molar-refractivity contribution in [2.45, 2.75) is 63.7 Å². The van der Waals surface area contributed by atoms with Crippen LogP contribution in [0.15, 0.2) is 0 Å². The number of thiol groups is 1. The number of anilines is 1. The first-order valence-electron chi connectivity index (χ1n) is 8.02. The Kier molecular flexibility index (Phi) is 6.02. The molecule has 1 heterocycles. The van der Waals surface area contributed by atoms with Gasteiger partial charge < -0.3 is 5.32 Å². The lowest BCUT2D eigenvalue weighted by molar-refractivity contribution is -0.130. The van der Waals surface area contributed by atoms with Gasteiger partial charge in [-0.2, -0.15) is 12.6 Å². The van der Waals surface area contributed by atoms with Gasteiger partial charge in [0, 0.05) is 0 Å². The van der Waals surface area contributed by atoms with Gasteiger partial charge in [-0.25, -0.2) is 0 Å². The van der Waals surface area contributed by atoms with Crippen LogP contribution in [-0.4, -0.2) is 32.8 Å². The Bertz CT molecular complexity index is 568. The minimum absolute atomic E-state index is 0.107. The molecule has 1 aliphatic rings. The van der Waals surface area contributed by atoms with Gasteiger partial charge in [-0.15, -0.1) is 10.2 Å². The van der Waals surface area contributed by atoms with Crippen LogP contribution >= 0.6 is 24.0 Å². The van der Waals surface area contributed by atoms with Gasteiger partial charge in [-0.05, 0) is 25.2 Å². The molecule has 1 atom stereocenters. The molecule has 1 saturated carbocycles. The van der Waals surface area contributed by atoms with Crippen molar-refractivity contribution in [2.75, 3.05) is 5.32 Å². The summed E-state index contributed by atoms with van der Waals surface area (Å²) in [6, 6.07) is 0. The third-order valence-corrected chi connectivity index (χ3v) is 5.96. The fraction of sp³-hybridized carbons (Fsp3) is 0.733. The van der Waals surface area contributed by atoms with E-state index in [2.05, 4.69) is 33.5 Å². The quantitative estimate of drug-likeness (QED) is 0.684. The van der Waals surface area contributed by atoms with Crippen molar-refractivity contribution in [1.82, 2.24) is 15.5 Å². The van der Waals surface area contributed by atoms with Crippen molar-refractivity contribution in [3.05, 3.63) is 5.01 Å². The summed E-state index contributed by atoms with van der Waals surface area (Å²) in [4.78, 5) is 25.1. The van der Waals surface area contributed by atoms with E-state index < -0.39 is 10.8 Å². The SMILES string of the molecule is CCc1nnc(NC(=O)C2(NC(=O)[C@@H](S)C(C)C)CCCC2)s1. The summed E-state index contributed by atoms with van der Waals surface area (Å²) in [6.07, 6.45) is 3.90. The number of rotatable bonds is 6. The molecule has 1 aromatic rings. The molecule has 0 unspecified atom stereocenters. The van der Waals surface area contributed by atoms with Crippen LogP contribution in [0.2, 0.25) is 0 Å². The molecule has 0 aliphatic heterocycles. The summed E-state index contributed by atoms with van der Waals surface area (Å²) in [6.45, 7) is 5.86. The molecule has 128 valence electrons. The monoisotopic (exact) mass is 356 g/mol. The van der Waals surface area contributed by atoms with Crippen LogP contribution in [0, 0.1) is 5.92 Å². The highest BCUT2D eigenvalue weighted by molar-refractivity contribution is 7.81. The predicted molar refractivity (Wildman–Crippen MR) is 94.9 cm³/mol. The maximum absolute atomic E-state index is 12.8. The van der Waals surface area contributed by atoms with Gasteiger partial charge in [-0.1, -0.05) is 44.9 Å². The van der Waals surface area contributed by atoms with E-state index in [-0.39, 0.29) is 17.7 Å².